The molecular formula is C21H20N4O4. The summed E-state index contributed by atoms with van der Waals surface area (Å²) in [5, 5.41) is 0.513. The Balaban J connectivity index is 1.90. The van der Waals surface area contributed by atoms with Crippen molar-refractivity contribution < 1.29 is 18.7 Å². The molecule has 8 heteroatoms. The molecule has 8 nitrogen and oxygen atoms in total. The molecule has 2 heterocycles. The van der Waals surface area contributed by atoms with Crippen LogP contribution in [0.5, 0.6) is 11.5 Å². The zero-order valence-electron chi connectivity index (χ0n) is 16.0. The second kappa shape index (κ2) is 7.23. The number of hydrogen-bond donors (Lipinski definition) is 2. The van der Waals surface area contributed by atoms with Crippen molar-refractivity contribution in [3.05, 3.63) is 76.7 Å². The van der Waals surface area contributed by atoms with Crippen LogP contribution < -0.4 is 36.6 Å². The molecule has 2 aromatic carbocycles. The van der Waals surface area contributed by atoms with E-state index < -0.39 is 12.1 Å². The molecule has 29 heavy (non-hydrogen) atoms. The highest BCUT2D eigenvalue weighted by Gasteiger charge is 2.28. The van der Waals surface area contributed by atoms with Crippen molar-refractivity contribution in [2.24, 2.45) is 16.5 Å². The fourth-order valence-electron chi connectivity index (χ4n) is 3.24. The quantitative estimate of drug-likeness (QED) is 0.675. The zero-order chi connectivity index (χ0) is 20.5. The van der Waals surface area contributed by atoms with Crippen LogP contribution in [0.2, 0.25) is 0 Å². The molecule has 0 radical (unpaired) electrons. The maximum atomic E-state index is 11.6. The normalized spacial score (nSPS) is 15.4. The highest BCUT2D eigenvalue weighted by Crippen LogP contribution is 2.33. The number of nitrogens with two attached hydrogens (primary N) is 2. The Labute approximate surface area is 166 Å². The van der Waals surface area contributed by atoms with E-state index in [1.54, 1.807) is 14.2 Å². The van der Waals surface area contributed by atoms with Gasteiger partial charge in [0, 0.05) is 11.8 Å². The summed E-state index contributed by atoms with van der Waals surface area (Å²) in [6.07, 6.45) is -0.506. The molecular weight excluding hydrogens is 372 g/mol. The van der Waals surface area contributed by atoms with Crippen LogP contribution in [-0.4, -0.2) is 20.1 Å². The molecule has 1 aliphatic heterocycles. The molecule has 1 amide bonds. The number of rotatable bonds is 5. The fourth-order valence-corrected chi connectivity index (χ4v) is 3.24. The molecule has 1 aromatic heterocycles. The molecule has 0 fully saturated rings. The van der Waals surface area contributed by atoms with Gasteiger partial charge in [-0.25, -0.2) is 4.99 Å². The van der Waals surface area contributed by atoms with Gasteiger partial charge in [-0.05, 0) is 42.0 Å². The summed E-state index contributed by atoms with van der Waals surface area (Å²) in [6, 6.07) is 16.5. The molecule has 0 saturated heterocycles. The number of primary amides is 1. The number of furan rings is 1. The number of benzene rings is 2. The van der Waals surface area contributed by atoms with Gasteiger partial charge in [0.15, 0.2) is 11.9 Å². The molecule has 1 aliphatic rings. The first kappa shape index (κ1) is 18.4. The molecule has 0 spiro atoms. The predicted octanol–water partition coefficient (Wildman–Crippen LogP) is 1.26. The van der Waals surface area contributed by atoms with Crippen molar-refractivity contribution in [1.29, 1.82) is 0 Å². The second-order valence-electron chi connectivity index (χ2n) is 6.42. The number of methoxy groups -OCH3 is 2. The number of anilines is 1. The SMILES string of the molecule is COc1ccc(C2N=c3oc(C(N)=O)cc3=C(N)N2c2ccc(OC)cc2)cc1. The summed E-state index contributed by atoms with van der Waals surface area (Å²) in [5.74, 6) is 1.18. The van der Waals surface area contributed by atoms with Gasteiger partial charge in [-0.15, -0.1) is 0 Å². The van der Waals surface area contributed by atoms with Crippen LogP contribution in [0, 0.1) is 0 Å². The summed E-state index contributed by atoms with van der Waals surface area (Å²) in [5.41, 5.74) is 13.8. The minimum absolute atomic E-state index is 0.00626. The smallest absolute Gasteiger partial charge is 0.284 e. The van der Waals surface area contributed by atoms with Crippen molar-refractivity contribution in [2.75, 3.05) is 19.1 Å². The van der Waals surface area contributed by atoms with Crippen LogP contribution in [-0.2, 0) is 0 Å². The van der Waals surface area contributed by atoms with Gasteiger partial charge in [-0.3, -0.25) is 4.79 Å². The van der Waals surface area contributed by atoms with Crippen molar-refractivity contribution in [3.8, 4) is 11.5 Å². The van der Waals surface area contributed by atoms with Crippen LogP contribution >= 0.6 is 0 Å². The minimum Gasteiger partial charge on any atom is -0.497 e. The van der Waals surface area contributed by atoms with E-state index in [0.717, 1.165) is 22.7 Å². The summed E-state index contributed by atoms with van der Waals surface area (Å²) >= 11 is 0. The Morgan fingerprint density at radius 3 is 2.17 bits per heavy atom. The summed E-state index contributed by atoms with van der Waals surface area (Å²) in [7, 11) is 3.21. The van der Waals surface area contributed by atoms with Gasteiger partial charge in [0.05, 0.1) is 19.4 Å². The Morgan fingerprint density at radius 1 is 1.03 bits per heavy atom. The molecule has 1 atom stereocenters. The van der Waals surface area contributed by atoms with Gasteiger partial charge in [-0.2, -0.15) is 0 Å². The Kier molecular flexibility index (Phi) is 4.59. The lowest BCUT2D eigenvalue weighted by molar-refractivity contribution is 0.0971. The minimum atomic E-state index is -0.681. The van der Waals surface area contributed by atoms with E-state index >= 15 is 0 Å². The molecule has 4 N–H and O–H groups in total. The summed E-state index contributed by atoms with van der Waals surface area (Å²) < 4.78 is 16.0. The predicted molar refractivity (Wildman–Crippen MR) is 107 cm³/mol. The summed E-state index contributed by atoms with van der Waals surface area (Å²) in [4.78, 5) is 18.1. The van der Waals surface area contributed by atoms with Crippen molar-refractivity contribution in [2.45, 2.75) is 6.17 Å². The zero-order valence-corrected chi connectivity index (χ0v) is 16.0. The third-order valence-electron chi connectivity index (χ3n) is 4.74. The van der Waals surface area contributed by atoms with E-state index in [1.165, 1.54) is 6.07 Å². The van der Waals surface area contributed by atoms with Crippen molar-refractivity contribution >= 4 is 17.4 Å². The largest absolute Gasteiger partial charge is 0.497 e. The number of carbonyl (C=O) groups excluding carboxylic acids is 1. The lowest BCUT2D eigenvalue weighted by Crippen LogP contribution is -2.43. The van der Waals surface area contributed by atoms with Gasteiger partial charge in [0.1, 0.15) is 17.3 Å². The highest BCUT2D eigenvalue weighted by atomic mass is 16.5. The van der Waals surface area contributed by atoms with E-state index in [0.29, 0.717) is 11.0 Å². The van der Waals surface area contributed by atoms with Crippen LogP contribution in [0.1, 0.15) is 22.3 Å². The number of carbonyl (C=O) groups is 1. The third-order valence-corrected chi connectivity index (χ3v) is 4.74. The topological polar surface area (TPSA) is 116 Å². The van der Waals surface area contributed by atoms with Gasteiger partial charge in [0.2, 0.25) is 5.55 Å². The Morgan fingerprint density at radius 2 is 1.62 bits per heavy atom. The average Bonchev–Trinajstić information content (AvgIpc) is 3.19. The van der Waals surface area contributed by atoms with Crippen LogP contribution in [0.4, 0.5) is 5.69 Å². The molecule has 3 aromatic rings. The van der Waals surface area contributed by atoms with E-state index in [-0.39, 0.29) is 11.3 Å². The average molecular weight is 392 g/mol. The Bertz CT molecular complexity index is 1170. The van der Waals surface area contributed by atoms with Gasteiger partial charge >= 0.3 is 0 Å². The molecule has 4 rings (SSSR count). The maximum absolute atomic E-state index is 11.6. The second-order valence-corrected chi connectivity index (χ2v) is 6.42. The first-order valence-corrected chi connectivity index (χ1v) is 8.86. The summed E-state index contributed by atoms with van der Waals surface area (Å²) in [6.45, 7) is 0. The number of amides is 1. The van der Waals surface area contributed by atoms with Gasteiger partial charge < -0.3 is 30.3 Å². The first-order valence-electron chi connectivity index (χ1n) is 8.86. The number of hydrogen-bond acceptors (Lipinski definition) is 7. The maximum Gasteiger partial charge on any atom is 0.284 e. The standard InChI is InChI=1S/C21H20N4O4/c1-27-14-7-3-12(4-8-14)20-24-21-16(11-17(29-21)19(23)26)18(22)25(20)13-5-9-15(28-2)10-6-13/h3-11,20H,22H2,1-2H3,(H2,23,26). The van der Waals surface area contributed by atoms with Crippen LogP contribution in [0.25, 0.3) is 5.82 Å². The number of ether oxygens (including phenoxy) is 2. The fraction of sp³-hybridized carbons (Fsp3) is 0.143. The van der Waals surface area contributed by atoms with Crippen LogP contribution in [0.15, 0.2) is 64.0 Å². The lowest BCUT2D eigenvalue weighted by atomic mass is 10.1. The molecule has 1 unspecified atom stereocenters. The molecule has 0 aliphatic carbocycles. The van der Waals surface area contributed by atoms with Gasteiger partial charge in [0.25, 0.3) is 5.91 Å². The monoisotopic (exact) mass is 392 g/mol. The van der Waals surface area contributed by atoms with Crippen LogP contribution in [0.3, 0.4) is 0 Å². The molecule has 0 saturated carbocycles. The number of nitrogens with zero attached hydrogens (tertiary/aromatic N) is 2. The van der Waals surface area contributed by atoms with E-state index in [1.807, 2.05) is 53.4 Å². The van der Waals surface area contributed by atoms with Crippen molar-refractivity contribution in [3.63, 3.8) is 0 Å². The molecule has 148 valence electrons. The lowest BCUT2D eigenvalue weighted by Gasteiger charge is -2.32. The Hall–Kier alpha value is -3.94. The van der Waals surface area contributed by atoms with E-state index in [4.69, 9.17) is 30.4 Å². The first-order chi connectivity index (χ1) is 14.0. The highest BCUT2D eigenvalue weighted by molar-refractivity contribution is 5.90. The third kappa shape index (κ3) is 3.25. The molecule has 0 bridgehead atoms. The number of fused-ring (bicyclic) bond motifs is 1. The van der Waals surface area contributed by atoms with Gasteiger partial charge in [-0.1, -0.05) is 12.1 Å². The van der Waals surface area contributed by atoms with Crippen molar-refractivity contribution in [1.82, 2.24) is 0 Å². The van der Waals surface area contributed by atoms with E-state index in [9.17, 15) is 4.79 Å². The van der Waals surface area contributed by atoms with E-state index in [2.05, 4.69) is 0 Å².